The molecule has 0 saturated carbocycles. The molecule has 3 aromatic heterocycles. The summed E-state index contributed by atoms with van der Waals surface area (Å²) >= 11 is 0. The van der Waals surface area contributed by atoms with Gasteiger partial charge in [-0.05, 0) is 62.2 Å². The Kier molecular flexibility index (Phi) is 8.15. The summed E-state index contributed by atoms with van der Waals surface area (Å²) < 4.78 is 8.84. The molecule has 0 unspecified atom stereocenters. The zero-order valence-electron chi connectivity index (χ0n) is 33.1. The van der Waals surface area contributed by atoms with Crippen molar-refractivity contribution in [2.45, 2.75) is 0 Å². The highest BCUT2D eigenvalue weighted by molar-refractivity contribution is 7.20. The zero-order valence-corrected chi connectivity index (χ0v) is 34.1. The van der Waals surface area contributed by atoms with Crippen LogP contribution in [0.2, 0.25) is 0 Å². The smallest absolute Gasteiger partial charge is 0.235 e. The normalized spacial score (nSPS) is 11.9. The van der Waals surface area contributed by atoms with E-state index < -0.39 is 8.07 Å². The van der Waals surface area contributed by atoms with E-state index in [1.165, 1.54) is 31.9 Å². The Hall–Kier alpha value is -7.86. The Morgan fingerprint density at radius 1 is 0.344 bits per heavy atom. The molecule has 61 heavy (non-hydrogen) atoms. The van der Waals surface area contributed by atoms with E-state index in [0.717, 1.165) is 65.9 Å². The molecule has 12 aromatic rings. The summed E-state index contributed by atoms with van der Waals surface area (Å²) in [6, 6.07) is 80.8. The van der Waals surface area contributed by atoms with Gasteiger partial charge in [0.1, 0.15) is 11.2 Å². The van der Waals surface area contributed by atoms with Gasteiger partial charge in [-0.1, -0.05) is 194 Å². The Bertz CT molecular complexity index is 3470. The van der Waals surface area contributed by atoms with Crippen molar-refractivity contribution >= 4 is 83.5 Å². The van der Waals surface area contributed by atoms with Crippen molar-refractivity contribution in [3.8, 4) is 28.3 Å². The van der Waals surface area contributed by atoms with Crippen LogP contribution in [0.4, 0.5) is 0 Å². The van der Waals surface area contributed by atoms with Crippen LogP contribution in [0.3, 0.4) is 0 Å². The van der Waals surface area contributed by atoms with Crippen molar-refractivity contribution in [3.63, 3.8) is 0 Å². The van der Waals surface area contributed by atoms with Crippen LogP contribution in [-0.2, 0) is 0 Å². The second kappa shape index (κ2) is 14.2. The van der Waals surface area contributed by atoms with Crippen molar-refractivity contribution in [2.24, 2.45) is 0 Å². The first-order chi connectivity index (χ1) is 30.2. The summed E-state index contributed by atoms with van der Waals surface area (Å²) in [5.41, 5.74) is 8.96. The lowest BCUT2D eigenvalue weighted by Crippen LogP contribution is -2.74. The molecular formula is C56H37N3OSi. The number of nitrogens with zero attached hydrogens (tertiary/aromatic N) is 3. The monoisotopic (exact) mass is 795 g/mol. The molecule has 0 spiro atoms. The number of fused-ring (bicyclic) bond motifs is 7. The second-order valence-corrected chi connectivity index (χ2v) is 19.5. The van der Waals surface area contributed by atoms with Crippen LogP contribution in [0.1, 0.15) is 0 Å². The Labute approximate surface area is 353 Å². The predicted octanol–water partition coefficient (Wildman–Crippen LogP) is 11.3. The first-order valence-corrected chi connectivity index (χ1v) is 22.7. The summed E-state index contributed by atoms with van der Waals surface area (Å²) in [5.74, 6) is 0.624. The number of benzene rings is 9. The van der Waals surface area contributed by atoms with Crippen LogP contribution in [0.15, 0.2) is 229 Å². The molecule has 286 valence electrons. The molecular weight excluding hydrogens is 759 g/mol. The molecule has 9 aromatic carbocycles. The topological polar surface area (TPSA) is 43.9 Å². The fourth-order valence-corrected chi connectivity index (χ4v) is 14.4. The highest BCUT2D eigenvalue weighted by atomic mass is 28.3. The number of hydrogen-bond acceptors (Lipinski definition) is 3. The van der Waals surface area contributed by atoms with Gasteiger partial charge in [0.25, 0.3) is 0 Å². The molecule has 0 radical (unpaired) electrons. The van der Waals surface area contributed by atoms with Crippen molar-refractivity contribution in [2.75, 3.05) is 0 Å². The molecule has 12 rings (SSSR count). The van der Waals surface area contributed by atoms with Gasteiger partial charge in [-0.15, -0.1) is 0 Å². The fourth-order valence-electron chi connectivity index (χ4n) is 9.59. The van der Waals surface area contributed by atoms with Gasteiger partial charge in [-0.2, -0.15) is 0 Å². The first-order valence-electron chi connectivity index (χ1n) is 20.7. The predicted molar refractivity (Wildman–Crippen MR) is 256 cm³/mol. The minimum atomic E-state index is -2.84. The van der Waals surface area contributed by atoms with E-state index in [1.54, 1.807) is 0 Å². The minimum Gasteiger partial charge on any atom is -0.456 e. The van der Waals surface area contributed by atoms with Gasteiger partial charge in [-0.25, -0.2) is 9.97 Å². The van der Waals surface area contributed by atoms with E-state index in [-0.39, 0.29) is 0 Å². The van der Waals surface area contributed by atoms with Crippen molar-refractivity contribution in [1.29, 1.82) is 0 Å². The summed E-state index contributed by atoms with van der Waals surface area (Å²) in [7, 11) is -2.84. The van der Waals surface area contributed by atoms with Crippen molar-refractivity contribution < 1.29 is 4.42 Å². The molecule has 5 heteroatoms. The van der Waals surface area contributed by atoms with Crippen molar-refractivity contribution in [1.82, 2.24) is 14.5 Å². The van der Waals surface area contributed by atoms with E-state index in [1.807, 2.05) is 12.1 Å². The standard InChI is InChI=1S/C56H37N3OSi/c1-5-17-38(18-6-1)39-29-31-40(32-30-39)55-46-26-13-15-27-50(46)57-56(58-55)59-51-34-33-44(35-47(51)48-37-54-49(36-52(48)59)45-25-14-16-28-53(45)60-54)61(41-19-7-2-8-20-41,42-21-9-3-10-22-42)43-23-11-4-12-24-43/h1-37H. The van der Waals surface area contributed by atoms with Gasteiger partial charge in [0.15, 0.2) is 8.07 Å². The van der Waals surface area contributed by atoms with Crippen LogP contribution in [0.25, 0.3) is 83.0 Å². The number of rotatable bonds is 7. The molecule has 0 aliphatic carbocycles. The number of para-hydroxylation sites is 2. The number of furan rings is 1. The largest absolute Gasteiger partial charge is 0.456 e. The molecule has 0 N–H and O–H groups in total. The molecule has 0 fully saturated rings. The van der Waals surface area contributed by atoms with E-state index in [2.05, 4.69) is 217 Å². The lowest BCUT2D eigenvalue weighted by atomic mass is 10.0. The summed E-state index contributed by atoms with van der Waals surface area (Å²) in [4.78, 5) is 10.8. The zero-order chi connectivity index (χ0) is 40.3. The van der Waals surface area contributed by atoms with E-state index in [0.29, 0.717) is 5.95 Å². The number of aromatic nitrogens is 3. The number of hydrogen-bond donors (Lipinski definition) is 0. The Morgan fingerprint density at radius 3 is 1.56 bits per heavy atom. The van der Waals surface area contributed by atoms with E-state index in [4.69, 9.17) is 14.4 Å². The second-order valence-electron chi connectivity index (χ2n) is 15.7. The van der Waals surface area contributed by atoms with Crippen LogP contribution >= 0.6 is 0 Å². The molecule has 3 heterocycles. The van der Waals surface area contributed by atoms with Gasteiger partial charge in [0.2, 0.25) is 5.95 Å². The summed E-state index contributed by atoms with van der Waals surface area (Å²) in [5, 5.41) is 10.7. The Morgan fingerprint density at radius 2 is 0.885 bits per heavy atom. The summed E-state index contributed by atoms with van der Waals surface area (Å²) in [6.45, 7) is 0. The average Bonchev–Trinajstić information content (AvgIpc) is 3.86. The third-order valence-corrected chi connectivity index (χ3v) is 17.1. The molecule has 0 atom stereocenters. The molecule has 0 bridgehead atoms. The van der Waals surface area contributed by atoms with Crippen molar-refractivity contribution in [3.05, 3.63) is 224 Å². The minimum absolute atomic E-state index is 0.624. The van der Waals surface area contributed by atoms with Crippen LogP contribution < -0.4 is 20.7 Å². The third-order valence-electron chi connectivity index (χ3n) is 12.4. The van der Waals surface area contributed by atoms with Crippen LogP contribution in [0, 0.1) is 0 Å². The maximum Gasteiger partial charge on any atom is 0.235 e. The Balaban J connectivity index is 1.16. The van der Waals surface area contributed by atoms with E-state index in [9.17, 15) is 0 Å². The van der Waals surface area contributed by atoms with Gasteiger partial charge in [-0.3, -0.25) is 4.57 Å². The highest BCUT2D eigenvalue weighted by Gasteiger charge is 2.41. The van der Waals surface area contributed by atoms with Crippen LogP contribution in [-0.4, -0.2) is 22.6 Å². The fraction of sp³-hybridized carbons (Fsp3) is 0. The molecule has 0 aliphatic heterocycles. The molecule has 0 aliphatic rings. The summed E-state index contributed by atoms with van der Waals surface area (Å²) in [6.07, 6.45) is 0. The highest BCUT2D eigenvalue weighted by Crippen LogP contribution is 2.39. The van der Waals surface area contributed by atoms with Crippen LogP contribution in [0.5, 0.6) is 0 Å². The van der Waals surface area contributed by atoms with Gasteiger partial charge >= 0.3 is 0 Å². The first kappa shape index (κ1) is 35.1. The lowest BCUT2D eigenvalue weighted by Gasteiger charge is -2.34. The van der Waals surface area contributed by atoms with Gasteiger partial charge in [0, 0.05) is 32.5 Å². The van der Waals surface area contributed by atoms with Gasteiger partial charge < -0.3 is 4.42 Å². The maximum atomic E-state index is 6.57. The third kappa shape index (κ3) is 5.59. The van der Waals surface area contributed by atoms with Gasteiger partial charge in [0.05, 0.1) is 22.2 Å². The van der Waals surface area contributed by atoms with E-state index >= 15 is 0 Å². The average molecular weight is 796 g/mol. The lowest BCUT2D eigenvalue weighted by molar-refractivity contribution is 0.669. The SMILES string of the molecule is c1ccc(-c2ccc(-c3nc(-n4c5ccc([Si](c6ccccc6)(c6ccccc6)c6ccccc6)cc5c5cc6oc7ccccc7c6cc54)nc4ccccc34)cc2)cc1. The molecule has 0 saturated heterocycles. The molecule has 4 nitrogen and oxygen atoms in total. The molecule has 0 amide bonds. The maximum absolute atomic E-state index is 6.57. The quantitative estimate of drug-likeness (QED) is 0.119.